The number of rotatable bonds is 8. The molecular formula is C19H21ClN2O5. The number of amides is 1. The molecular weight excluding hydrogens is 372 g/mol. The number of ether oxygens (including phenoxy) is 2. The number of aryl methyl sites for hydroxylation is 1. The third-order valence-corrected chi connectivity index (χ3v) is 4.09. The van der Waals surface area contributed by atoms with Crippen molar-refractivity contribution >= 4 is 29.3 Å². The number of hydrogen-bond acceptors (Lipinski definition) is 5. The number of benzene rings is 1. The Morgan fingerprint density at radius 2 is 1.81 bits per heavy atom. The molecule has 7 nitrogen and oxygen atoms in total. The van der Waals surface area contributed by atoms with Crippen molar-refractivity contribution in [2.75, 3.05) is 19.8 Å². The van der Waals surface area contributed by atoms with E-state index < -0.39 is 18.5 Å². The summed E-state index contributed by atoms with van der Waals surface area (Å²) in [5.41, 5.74) is 1.75. The predicted molar refractivity (Wildman–Crippen MR) is 101 cm³/mol. The van der Waals surface area contributed by atoms with Gasteiger partial charge in [-0.2, -0.15) is 0 Å². The van der Waals surface area contributed by atoms with Crippen molar-refractivity contribution in [1.29, 1.82) is 0 Å². The molecule has 1 amide bonds. The molecule has 27 heavy (non-hydrogen) atoms. The molecule has 0 aliphatic rings. The first-order chi connectivity index (χ1) is 12.8. The van der Waals surface area contributed by atoms with Gasteiger partial charge in [0.15, 0.2) is 12.4 Å². The number of esters is 1. The molecule has 2 rings (SSSR count). The molecule has 0 unspecified atom stereocenters. The molecule has 2 N–H and O–H groups in total. The Morgan fingerprint density at radius 1 is 1.15 bits per heavy atom. The zero-order valence-corrected chi connectivity index (χ0v) is 16.1. The molecule has 8 heteroatoms. The number of aromatic nitrogens is 1. The molecule has 1 aromatic carbocycles. The molecule has 0 radical (unpaired) electrons. The lowest BCUT2D eigenvalue weighted by atomic mass is 10.1. The van der Waals surface area contributed by atoms with Gasteiger partial charge < -0.3 is 19.8 Å². The van der Waals surface area contributed by atoms with Gasteiger partial charge >= 0.3 is 5.97 Å². The summed E-state index contributed by atoms with van der Waals surface area (Å²) < 4.78 is 10.4. The number of ketones is 1. The fraction of sp³-hybridized carbons (Fsp3) is 0.316. The maximum absolute atomic E-state index is 12.1. The van der Waals surface area contributed by atoms with E-state index in [1.807, 2.05) is 0 Å². The van der Waals surface area contributed by atoms with Crippen LogP contribution in [-0.4, -0.2) is 42.4 Å². The molecule has 0 aliphatic carbocycles. The van der Waals surface area contributed by atoms with E-state index in [9.17, 15) is 14.4 Å². The van der Waals surface area contributed by atoms with Crippen LogP contribution >= 0.6 is 11.6 Å². The van der Waals surface area contributed by atoms with Crippen LogP contribution in [-0.2, 0) is 9.53 Å². The Kier molecular flexibility index (Phi) is 7.01. The SMILES string of the molecule is CC(=O)c1c(C)[nH]c(C(=O)OCC(=O)NCCOc2ccc(Cl)cc2)c1C. The Hall–Kier alpha value is -2.80. The molecule has 0 aliphatic heterocycles. The average Bonchev–Trinajstić information content (AvgIpc) is 2.92. The van der Waals surface area contributed by atoms with Gasteiger partial charge in [-0.1, -0.05) is 11.6 Å². The first-order valence-corrected chi connectivity index (χ1v) is 8.69. The Labute approximate surface area is 162 Å². The van der Waals surface area contributed by atoms with E-state index in [0.717, 1.165) is 0 Å². The highest BCUT2D eigenvalue weighted by Gasteiger charge is 2.21. The zero-order valence-electron chi connectivity index (χ0n) is 15.3. The van der Waals surface area contributed by atoms with Gasteiger partial charge in [0, 0.05) is 16.3 Å². The first-order valence-electron chi connectivity index (χ1n) is 8.32. The molecule has 144 valence electrons. The predicted octanol–water partition coefficient (Wildman–Crippen LogP) is 2.84. The number of hydrogen-bond donors (Lipinski definition) is 2. The third-order valence-electron chi connectivity index (χ3n) is 3.83. The molecule has 0 bridgehead atoms. The fourth-order valence-electron chi connectivity index (χ4n) is 2.63. The van der Waals surface area contributed by atoms with E-state index in [1.165, 1.54) is 6.92 Å². The Bertz CT molecular complexity index is 843. The summed E-state index contributed by atoms with van der Waals surface area (Å²) in [6.45, 7) is 4.88. The van der Waals surface area contributed by atoms with Crippen LogP contribution in [0.3, 0.4) is 0 Å². The summed E-state index contributed by atoms with van der Waals surface area (Å²) in [6, 6.07) is 6.86. The van der Waals surface area contributed by atoms with Crippen LogP contribution in [0.4, 0.5) is 0 Å². The molecule has 0 atom stereocenters. The average molecular weight is 393 g/mol. The smallest absolute Gasteiger partial charge is 0.355 e. The number of carbonyl (C=O) groups is 3. The van der Waals surface area contributed by atoms with Crippen molar-refractivity contribution in [1.82, 2.24) is 10.3 Å². The van der Waals surface area contributed by atoms with Gasteiger partial charge in [0.1, 0.15) is 18.1 Å². The summed E-state index contributed by atoms with van der Waals surface area (Å²) >= 11 is 5.78. The summed E-state index contributed by atoms with van der Waals surface area (Å²) in [5.74, 6) is -0.635. The highest BCUT2D eigenvalue weighted by molar-refractivity contribution is 6.30. The number of nitrogens with one attached hydrogen (secondary N) is 2. The fourth-order valence-corrected chi connectivity index (χ4v) is 2.75. The second-order valence-electron chi connectivity index (χ2n) is 5.91. The number of Topliss-reactive ketones (excluding diaryl/α,β-unsaturated/α-hetero) is 1. The van der Waals surface area contributed by atoms with Crippen molar-refractivity contribution in [3.63, 3.8) is 0 Å². The van der Waals surface area contributed by atoms with E-state index in [1.54, 1.807) is 38.1 Å². The first kappa shape index (κ1) is 20.5. The standard InChI is InChI=1S/C19H21ClN2O5/c1-11-17(13(3)23)12(2)22-18(11)19(25)27-10-16(24)21-8-9-26-15-6-4-14(20)5-7-15/h4-7,22H,8-10H2,1-3H3,(H,21,24). The van der Waals surface area contributed by atoms with E-state index in [4.69, 9.17) is 21.1 Å². The quantitative estimate of drug-likeness (QED) is 0.409. The van der Waals surface area contributed by atoms with Gasteiger partial charge in [-0.15, -0.1) is 0 Å². The van der Waals surface area contributed by atoms with Crippen LogP contribution in [0.1, 0.15) is 39.0 Å². The second-order valence-corrected chi connectivity index (χ2v) is 6.35. The lowest BCUT2D eigenvalue weighted by Gasteiger charge is -2.08. The van der Waals surface area contributed by atoms with E-state index in [-0.39, 0.29) is 24.6 Å². The van der Waals surface area contributed by atoms with E-state index in [2.05, 4.69) is 10.3 Å². The van der Waals surface area contributed by atoms with Gasteiger partial charge in [0.2, 0.25) is 0 Å². The highest BCUT2D eigenvalue weighted by atomic mass is 35.5. The molecule has 0 saturated heterocycles. The van der Waals surface area contributed by atoms with Crippen molar-refractivity contribution in [2.45, 2.75) is 20.8 Å². The molecule has 2 aromatic rings. The summed E-state index contributed by atoms with van der Waals surface area (Å²) in [6.07, 6.45) is 0. The van der Waals surface area contributed by atoms with Crippen LogP contribution in [0.25, 0.3) is 0 Å². The van der Waals surface area contributed by atoms with E-state index in [0.29, 0.717) is 27.6 Å². The van der Waals surface area contributed by atoms with Crippen molar-refractivity contribution in [3.8, 4) is 5.75 Å². The maximum atomic E-state index is 12.1. The molecule has 0 fully saturated rings. The van der Waals surface area contributed by atoms with Crippen molar-refractivity contribution < 1.29 is 23.9 Å². The minimum absolute atomic E-state index is 0.140. The summed E-state index contributed by atoms with van der Waals surface area (Å²) in [4.78, 5) is 38.3. The van der Waals surface area contributed by atoms with Gasteiger partial charge in [0.25, 0.3) is 5.91 Å². The minimum Gasteiger partial charge on any atom is -0.492 e. The van der Waals surface area contributed by atoms with Crippen LogP contribution in [0, 0.1) is 13.8 Å². The van der Waals surface area contributed by atoms with Gasteiger partial charge in [0.05, 0.1) is 6.54 Å². The summed E-state index contributed by atoms with van der Waals surface area (Å²) in [7, 11) is 0. The van der Waals surface area contributed by atoms with Gasteiger partial charge in [-0.3, -0.25) is 9.59 Å². The number of carbonyl (C=O) groups excluding carboxylic acids is 3. The largest absolute Gasteiger partial charge is 0.492 e. The monoisotopic (exact) mass is 392 g/mol. The Morgan fingerprint density at radius 3 is 2.41 bits per heavy atom. The highest BCUT2D eigenvalue weighted by Crippen LogP contribution is 2.19. The van der Waals surface area contributed by atoms with Crippen LogP contribution in [0.5, 0.6) is 5.75 Å². The topological polar surface area (TPSA) is 97.5 Å². The van der Waals surface area contributed by atoms with Gasteiger partial charge in [-0.25, -0.2) is 4.79 Å². The number of H-pyrrole nitrogens is 1. The normalized spacial score (nSPS) is 10.4. The molecule has 1 heterocycles. The second kappa shape index (κ2) is 9.23. The molecule has 0 spiro atoms. The van der Waals surface area contributed by atoms with Crippen molar-refractivity contribution in [3.05, 3.63) is 51.8 Å². The van der Waals surface area contributed by atoms with Crippen LogP contribution in [0.2, 0.25) is 5.02 Å². The van der Waals surface area contributed by atoms with Crippen LogP contribution < -0.4 is 10.1 Å². The maximum Gasteiger partial charge on any atom is 0.355 e. The van der Waals surface area contributed by atoms with Crippen LogP contribution in [0.15, 0.2) is 24.3 Å². The third kappa shape index (κ3) is 5.59. The Balaban J connectivity index is 1.75. The molecule has 0 saturated carbocycles. The zero-order chi connectivity index (χ0) is 20.0. The molecule has 1 aromatic heterocycles. The van der Waals surface area contributed by atoms with Crippen molar-refractivity contribution in [2.24, 2.45) is 0 Å². The lowest BCUT2D eigenvalue weighted by Crippen LogP contribution is -2.32. The summed E-state index contributed by atoms with van der Waals surface area (Å²) in [5, 5.41) is 3.20. The lowest BCUT2D eigenvalue weighted by molar-refractivity contribution is -0.124. The number of halogens is 1. The van der Waals surface area contributed by atoms with Gasteiger partial charge in [-0.05, 0) is 50.6 Å². The number of aromatic amines is 1. The minimum atomic E-state index is -0.685. The van der Waals surface area contributed by atoms with E-state index >= 15 is 0 Å².